The fraction of sp³-hybridized carbons (Fsp3) is 0.267. The average Bonchev–Trinajstić information content (AvgIpc) is 2.97. The van der Waals surface area contributed by atoms with Gasteiger partial charge in [0.15, 0.2) is 0 Å². The number of aliphatic hydroxyl groups is 1. The van der Waals surface area contributed by atoms with Crippen molar-refractivity contribution >= 4 is 11.6 Å². The van der Waals surface area contributed by atoms with Gasteiger partial charge in [-0.1, -0.05) is 6.07 Å². The Hall–Kier alpha value is -2.27. The molecule has 0 unspecified atom stereocenters. The largest absolute Gasteiger partial charge is 0.467 e. The van der Waals surface area contributed by atoms with E-state index < -0.39 is 0 Å². The number of hydrogen-bond acceptors (Lipinski definition) is 4. The molecule has 1 aromatic carbocycles. The van der Waals surface area contributed by atoms with Crippen molar-refractivity contribution in [2.45, 2.75) is 13.5 Å². The van der Waals surface area contributed by atoms with E-state index in [0.29, 0.717) is 12.1 Å². The molecule has 0 atom stereocenters. The van der Waals surface area contributed by atoms with Crippen LogP contribution in [0.3, 0.4) is 0 Å². The fourth-order valence-corrected chi connectivity index (χ4v) is 1.93. The topological polar surface area (TPSA) is 74.5 Å². The first-order valence-electron chi connectivity index (χ1n) is 6.47. The molecule has 5 nitrogen and oxygen atoms in total. The number of hydrogen-bond donors (Lipinski definition) is 3. The Morgan fingerprint density at radius 3 is 2.85 bits per heavy atom. The number of aliphatic hydroxyl groups excluding tert-OH is 1. The molecule has 0 aliphatic rings. The summed E-state index contributed by atoms with van der Waals surface area (Å²) in [5.41, 5.74) is 2.36. The van der Waals surface area contributed by atoms with Crippen LogP contribution >= 0.6 is 0 Å². The zero-order valence-corrected chi connectivity index (χ0v) is 11.3. The van der Waals surface area contributed by atoms with Gasteiger partial charge in [0.25, 0.3) is 5.91 Å². The van der Waals surface area contributed by atoms with Crippen LogP contribution in [0.5, 0.6) is 0 Å². The van der Waals surface area contributed by atoms with E-state index >= 15 is 0 Å². The van der Waals surface area contributed by atoms with E-state index in [4.69, 9.17) is 9.52 Å². The smallest absolute Gasteiger partial charge is 0.251 e. The van der Waals surface area contributed by atoms with Crippen LogP contribution in [0.25, 0.3) is 0 Å². The summed E-state index contributed by atoms with van der Waals surface area (Å²) >= 11 is 0. The summed E-state index contributed by atoms with van der Waals surface area (Å²) in [6, 6.07) is 9.23. The number of nitrogens with one attached hydrogen (secondary N) is 2. The molecule has 3 N–H and O–H groups in total. The van der Waals surface area contributed by atoms with E-state index in [9.17, 15) is 4.79 Å². The summed E-state index contributed by atoms with van der Waals surface area (Å²) in [6.45, 7) is 2.64. The second-order valence-corrected chi connectivity index (χ2v) is 4.39. The molecule has 106 valence electrons. The van der Waals surface area contributed by atoms with Crippen LogP contribution in [0, 0.1) is 6.92 Å². The van der Waals surface area contributed by atoms with Crippen molar-refractivity contribution < 1.29 is 14.3 Å². The first-order chi connectivity index (χ1) is 9.72. The highest BCUT2D eigenvalue weighted by atomic mass is 16.3. The van der Waals surface area contributed by atoms with E-state index in [1.54, 1.807) is 12.3 Å². The van der Waals surface area contributed by atoms with Gasteiger partial charge in [0.1, 0.15) is 5.76 Å². The third-order valence-corrected chi connectivity index (χ3v) is 3.01. The zero-order chi connectivity index (χ0) is 14.4. The lowest BCUT2D eigenvalue weighted by molar-refractivity contribution is 0.0944. The van der Waals surface area contributed by atoms with Crippen LogP contribution in [0.15, 0.2) is 41.0 Å². The molecule has 0 aliphatic carbocycles. The van der Waals surface area contributed by atoms with Crippen molar-refractivity contribution in [1.29, 1.82) is 0 Å². The Labute approximate surface area is 117 Å². The standard InChI is InChI=1S/C15H18N2O3/c1-11-13(15(19)16-7-8-18)5-2-6-14(11)17-10-12-4-3-9-20-12/h2-6,9,17-18H,7-8,10H2,1H3,(H,16,19). The number of amides is 1. The number of carbonyl (C=O) groups excluding carboxylic acids is 1. The maximum absolute atomic E-state index is 11.9. The van der Waals surface area contributed by atoms with Crippen molar-refractivity contribution in [2.24, 2.45) is 0 Å². The van der Waals surface area contributed by atoms with Crippen LogP contribution in [0.4, 0.5) is 5.69 Å². The van der Waals surface area contributed by atoms with Crippen LogP contribution in [-0.4, -0.2) is 24.2 Å². The number of anilines is 1. The van der Waals surface area contributed by atoms with E-state index in [0.717, 1.165) is 17.0 Å². The first kappa shape index (κ1) is 14.1. The van der Waals surface area contributed by atoms with E-state index in [-0.39, 0.29) is 19.1 Å². The molecular formula is C15H18N2O3. The fourth-order valence-electron chi connectivity index (χ4n) is 1.93. The number of carbonyl (C=O) groups is 1. The van der Waals surface area contributed by atoms with Gasteiger partial charge in [0.2, 0.25) is 0 Å². The normalized spacial score (nSPS) is 10.3. The van der Waals surface area contributed by atoms with Gasteiger partial charge in [-0.2, -0.15) is 0 Å². The van der Waals surface area contributed by atoms with Crippen molar-refractivity contribution in [3.63, 3.8) is 0 Å². The van der Waals surface area contributed by atoms with Crippen LogP contribution < -0.4 is 10.6 Å². The Bertz CT molecular complexity index is 565. The van der Waals surface area contributed by atoms with Gasteiger partial charge in [0, 0.05) is 17.8 Å². The molecule has 2 aromatic rings. The minimum Gasteiger partial charge on any atom is -0.467 e. The maximum Gasteiger partial charge on any atom is 0.251 e. The molecule has 0 radical (unpaired) electrons. The molecule has 1 aromatic heterocycles. The highest BCUT2D eigenvalue weighted by Crippen LogP contribution is 2.19. The molecular weight excluding hydrogens is 256 g/mol. The molecule has 0 spiro atoms. The van der Waals surface area contributed by atoms with Gasteiger partial charge >= 0.3 is 0 Å². The lowest BCUT2D eigenvalue weighted by atomic mass is 10.1. The molecule has 0 bridgehead atoms. The highest BCUT2D eigenvalue weighted by Gasteiger charge is 2.11. The third kappa shape index (κ3) is 3.39. The summed E-state index contributed by atoms with van der Waals surface area (Å²) in [5.74, 6) is 0.651. The Balaban J connectivity index is 2.08. The molecule has 1 amide bonds. The van der Waals surface area contributed by atoms with Crippen LogP contribution in [-0.2, 0) is 6.54 Å². The summed E-state index contributed by atoms with van der Waals surface area (Å²) in [6.07, 6.45) is 1.63. The minimum absolute atomic E-state index is 0.0682. The lowest BCUT2D eigenvalue weighted by Gasteiger charge is -2.12. The summed E-state index contributed by atoms with van der Waals surface area (Å²) in [5, 5.41) is 14.6. The number of rotatable bonds is 6. The predicted octanol–water partition coefficient (Wildman–Crippen LogP) is 1.92. The monoisotopic (exact) mass is 274 g/mol. The molecule has 5 heteroatoms. The zero-order valence-electron chi connectivity index (χ0n) is 11.3. The quantitative estimate of drug-likeness (QED) is 0.752. The predicted molar refractivity (Wildman–Crippen MR) is 76.6 cm³/mol. The molecule has 0 aliphatic heterocycles. The summed E-state index contributed by atoms with van der Waals surface area (Å²) < 4.78 is 5.26. The van der Waals surface area contributed by atoms with E-state index in [2.05, 4.69) is 10.6 Å². The second-order valence-electron chi connectivity index (χ2n) is 4.39. The molecule has 0 fully saturated rings. The lowest BCUT2D eigenvalue weighted by Crippen LogP contribution is -2.27. The van der Waals surface area contributed by atoms with Gasteiger partial charge in [0.05, 0.1) is 19.4 Å². The van der Waals surface area contributed by atoms with Crippen molar-refractivity contribution in [3.05, 3.63) is 53.5 Å². The number of furan rings is 1. The second kappa shape index (κ2) is 6.77. The van der Waals surface area contributed by atoms with Gasteiger partial charge < -0.3 is 20.2 Å². The van der Waals surface area contributed by atoms with E-state index in [1.807, 2.05) is 31.2 Å². The molecule has 1 heterocycles. The van der Waals surface area contributed by atoms with E-state index in [1.165, 1.54) is 0 Å². The average molecular weight is 274 g/mol. The van der Waals surface area contributed by atoms with Gasteiger partial charge in [-0.25, -0.2) is 0 Å². The Morgan fingerprint density at radius 1 is 1.30 bits per heavy atom. The van der Waals surface area contributed by atoms with Crippen LogP contribution in [0.2, 0.25) is 0 Å². The molecule has 20 heavy (non-hydrogen) atoms. The summed E-state index contributed by atoms with van der Waals surface area (Å²) in [4.78, 5) is 11.9. The van der Waals surface area contributed by atoms with Crippen molar-refractivity contribution in [3.8, 4) is 0 Å². The highest BCUT2D eigenvalue weighted by molar-refractivity contribution is 5.97. The third-order valence-electron chi connectivity index (χ3n) is 3.01. The van der Waals surface area contributed by atoms with Gasteiger partial charge in [-0.15, -0.1) is 0 Å². The minimum atomic E-state index is -0.182. The summed E-state index contributed by atoms with van der Waals surface area (Å²) in [7, 11) is 0. The Morgan fingerprint density at radius 2 is 2.15 bits per heavy atom. The van der Waals surface area contributed by atoms with Crippen molar-refractivity contribution in [1.82, 2.24) is 5.32 Å². The molecule has 0 saturated carbocycles. The van der Waals surface area contributed by atoms with Gasteiger partial charge in [-0.3, -0.25) is 4.79 Å². The maximum atomic E-state index is 11.9. The van der Waals surface area contributed by atoms with Crippen molar-refractivity contribution in [2.75, 3.05) is 18.5 Å². The Kier molecular flexibility index (Phi) is 4.79. The molecule has 0 saturated heterocycles. The van der Waals surface area contributed by atoms with Gasteiger partial charge in [-0.05, 0) is 36.8 Å². The SMILES string of the molecule is Cc1c(NCc2ccco2)cccc1C(=O)NCCO. The first-order valence-corrected chi connectivity index (χ1v) is 6.47. The number of benzene rings is 1. The van der Waals surface area contributed by atoms with Crippen LogP contribution in [0.1, 0.15) is 21.7 Å². The molecule has 2 rings (SSSR count).